The van der Waals surface area contributed by atoms with Crippen LogP contribution in [-0.4, -0.2) is 24.4 Å². The molecule has 1 atom stereocenters. The summed E-state index contributed by atoms with van der Waals surface area (Å²) in [4.78, 5) is 11.2. The summed E-state index contributed by atoms with van der Waals surface area (Å²) in [7, 11) is 0. The lowest BCUT2D eigenvalue weighted by Crippen LogP contribution is -2.44. The summed E-state index contributed by atoms with van der Waals surface area (Å²) in [6, 6.07) is 0. The van der Waals surface area contributed by atoms with E-state index in [1.54, 1.807) is 20.8 Å². The molecule has 1 amide bonds. The van der Waals surface area contributed by atoms with Crippen LogP contribution in [0, 0.1) is 0 Å². The molecule has 0 aromatic heterocycles. The normalized spacial score (nSPS) is 13.5. The first-order valence-corrected chi connectivity index (χ1v) is 4.80. The smallest absolute Gasteiger partial charge is 0.408 e. The maximum absolute atomic E-state index is 11.2. The molecule has 0 radical (unpaired) electrons. The number of hydrogen-bond acceptors (Lipinski definition) is 4. The Bertz CT molecular complexity index is 177. The Hall–Kier alpha value is -0.810. The van der Waals surface area contributed by atoms with Crippen LogP contribution in [0.25, 0.3) is 0 Å². The molecule has 0 aliphatic heterocycles. The van der Waals surface area contributed by atoms with Gasteiger partial charge in [-0.25, -0.2) is 4.79 Å². The van der Waals surface area contributed by atoms with E-state index in [0.717, 1.165) is 6.42 Å². The molecule has 0 aliphatic rings. The topological polar surface area (TPSA) is 90.4 Å². The summed E-state index contributed by atoms with van der Waals surface area (Å²) in [5, 5.41) is 2.53. The number of hydrogen-bond donors (Lipinski definition) is 3. The Morgan fingerprint density at radius 1 is 1.50 bits per heavy atom. The van der Waals surface area contributed by atoms with Crippen molar-refractivity contribution in [3.8, 4) is 0 Å². The fourth-order valence-electron chi connectivity index (χ4n) is 0.869. The number of ether oxygens (including phenoxy) is 1. The predicted octanol–water partition coefficient (Wildman–Crippen LogP) is 0.535. The Kier molecular flexibility index (Phi) is 5.49. The van der Waals surface area contributed by atoms with Crippen molar-refractivity contribution in [2.75, 3.05) is 6.54 Å². The third-order valence-corrected chi connectivity index (χ3v) is 1.42. The van der Waals surface area contributed by atoms with E-state index in [0.29, 0.717) is 13.0 Å². The average Bonchev–Trinajstić information content (AvgIpc) is 1.96. The zero-order valence-electron chi connectivity index (χ0n) is 9.17. The Balaban J connectivity index is 3.71. The van der Waals surface area contributed by atoms with Crippen LogP contribution < -0.4 is 16.8 Å². The van der Waals surface area contributed by atoms with E-state index in [1.807, 2.05) is 0 Å². The third-order valence-electron chi connectivity index (χ3n) is 1.42. The second-order valence-electron chi connectivity index (χ2n) is 4.18. The van der Waals surface area contributed by atoms with E-state index >= 15 is 0 Å². The van der Waals surface area contributed by atoms with E-state index in [-0.39, 0.29) is 6.17 Å². The van der Waals surface area contributed by atoms with Crippen molar-refractivity contribution in [2.24, 2.45) is 11.5 Å². The van der Waals surface area contributed by atoms with Gasteiger partial charge in [-0.2, -0.15) is 0 Å². The number of alkyl carbamates (subject to hydrolysis) is 1. The summed E-state index contributed by atoms with van der Waals surface area (Å²) >= 11 is 0. The van der Waals surface area contributed by atoms with Crippen LogP contribution in [0.5, 0.6) is 0 Å². The number of carbonyl (C=O) groups excluding carboxylic acids is 1. The van der Waals surface area contributed by atoms with Crippen molar-refractivity contribution in [1.29, 1.82) is 0 Å². The van der Waals surface area contributed by atoms with Crippen molar-refractivity contribution < 1.29 is 9.53 Å². The molecular weight excluding hydrogens is 182 g/mol. The minimum Gasteiger partial charge on any atom is -0.444 e. The Morgan fingerprint density at radius 3 is 2.50 bits per heavy atom. The highest BCUT2D eigenvalue weighted by molar-refractivity contribution is 5.67. The summed E-state index contributed by atoms with van der Waals surface area (Å²) in [6.07, 6.45) is 0.586. The second kappa shape index (κ2) is 5.82. The highest BCUT2D eigenvalue weighted by Crippen LogP contribution is 2.06. The first kappa shape index (κ1) is 13.2. The largest absolute Gasteiger partial charge is 0.444 e. The van der Waals surface area contributed by atoms with Gasteiger partial charge in [-0.1, -0.05) is 0 Å². The molecule has 0 fully saturated rings. The van der Waals surface area contributed by atoms with Crippen LogP contribution in [0.2, 0.25) is 0 Å². The van der Waals surface area contributed by atoms with E-state index < -0.39 is 11.7 Å². The molecule has 5 heteroatoms. The minimum absolute atomic E-state index is 0.381. The lowest BCUT2D eigenvalue weighted by Gasteiger charge is -2.21. The van der Waals surface area contributed by atoms with Crippen LogP contribution in [0.1, 0.15) is 33.6 Å². The lowest BCUT2D eigenvalue weighted by molar-refractivity contribution is 0.0503. The highest BCUT2D eigenvalue weighted by Gasteiger charge is 2.17. The molecule has 0 saturated heterocycles. The van der Waals surface area contributed by atoms with Crippen molar-refractivity contribution in [3.05, 3.63) is 0 Å². The standard InChI is InChI=1S/C9H21N3O2/c1-9(2,3)14-8(13)12-7(11)5-4-6-10/h7H,4-6,10-11H2,1-3H3,(H,12,13)/t7-/m1/s1. The van der Waals surface area contributed by atoms with Gasteiger partial charge in [-0.05, 0) is 40.2 Å². The van der Waals surface area contributed by atoms with Gasteiger partial charge in [0, 0.05) is 0 Å². The SMILES string of the molecule is CC(C)(C)OC(=O)N[C@@H](N)CCCN. The molecule has 0 heterocycles. The van der Waals surface area contributed by atoms with Crippen molar-refractivity contribution in [3.63, 3.8) is 0 Å². The molecule has 0 bridgehead atoms. The zero-order chi connectivity index (χ0) is 11.2. The zero-order valence-corrected chi connectivity index (χ0v) is 9.17. The van der Waals surface area contributed by atoms with Crippen molar-refractivity contribution >= 4 is 6.09 Å². The molecule has 0 saturated carbocycles. The quantitative estimate of drug-likeness (QED) is 0.581. The van der Waals surface area contributed by atoms with Gasteiger partial charge in [-0.3, -0.25) is 0 Å². The molecule has 14 heavy (non-hydrogen) atoms. The third kappa shape index (κ3) is 7.82. The van der Waals surface area contributed by atoms with E-state index in [4.69, 9.17) is 16.2 Å². The van der Waals surface area contributed by atoms with Gasteiger partial charge < -0.3 is 21.5 Å². The fourth-order valence-corrected chi connectivity index (χ4v) is 0.869. The van der Waals surface area contributed by atoms with E-state index in [2.05, 4.69) is 5.32 Å². The van der Waals surface area contributed by atoms with Crippen molar-refractivity contribution in [2.45, 2.75) is 45.4 Å². The molecule has 5 nitrogen and oxygen atoms in total. The van der Waals surface area contributed by atoms with Gasteiger partial charge in [-0.15, -0.1) is 0 Å². The molecule has 0 rings (SSSR count). The Labute approximate surface area is 85.2 Å². The monoisotopic (exact) mass is 203 g/mol. The van der Waals surface area contributed by atoms with Crippen LogP contribution in [-0.2, 0) is 4.74 Å². The minimum atomic E-state index is -0.488. The van der Waals surface area contributed by atoms with Gasteiger partial charge in [0.2, 0.25) is 0 Å². The molecule has 0 aromatic rings. The van der Waals surface area contributed by atoms with Gasteiger partial charge in [0.1, 0.15) is 5.60 Å². The van der Waals surface area contributed by atoms with Crippen molar-refractivity contribution in [1.82, 2.24) is 5.32 Å². The molecule has 0 aromatic carbocycles. The first-order chi connectivity index (χ1) is 6.35. The van der Waals surface area contributed by atoms with Gasteiger partial charge in [0.15, 0.2) is 0 Å². The number of carbonyl (C=O) groups is 1. The average molecular weight is 203 g/mol. The van der Waals surface area contributed by atoms with Gasteiger partial charge in [0.05, 0.1) is 6.17 Å². The van der Waals surface area contributed by atoms with E-state index in [9.17, 15) is 4.79 Å². The number of nitrogens with one attached hydrogen (secondary N) is 1. The molecule has 84 valence electrons. The Morgan fingerprint density at radius 2 is 2.07 bits per heavy atom. The fraction of sp³-hybridized carbons (Fsp3) is 0.889. The number of rotatable bonds is 4. The van der Waals surface area contributed by atoms with Crippen LogP contribution in [0.3, 0.4) is 0 Å². The maximum Gasteiger partial charge on any atom is 0.408 e. The summed E-state index contributed by atoms with van der Waals surface area (Å²) < 4.78 is 5.03. The highest BCUT2D eigenvalue weighted by atomic mass is 16.6. The summed E-state index contributed by atoms with van der Waals surface area (Å²) in [6.45, 7) is 5.98. The molecule has 0 spiro atoms. The molecule has 5 N–H and O–H groups in total. The lowest BCUT2D eigenvalue weighted by atomic mass is 10.2. The maximum atomic E-state index is 11.2. The van der Waals surface area contributed by atoms with Gasteiger partial charge in [0.25, 0.3) is 0 Å². The summed E-state index contributed by atoms with van der Waals surface area (Å²) in [5.41, 5.74) is 10.4. The molecule has 0 unspecified atom stereocenters. The summed E-state index contributed by atoms with van der Waals surface area (Å²) in [5.74, 6) is 0. The number of amides is 1. The van der Waals surface area contributed by atoms with Crippen LogP contribution in [0.4, 0.5) is 4.79 Å². The molecular formula is C9H21N3O2. The van der Waals surface area contributed by atoms with E-state index in [1.165, 1.54) is 0 Å². The number of nitrogens with two attached hydrogens (primary N) is 2. The molecule has 0 aliphatic carbocycles. The van der Waals surface area contributed by atoms with Gasteiger partial charge >= 0.3 is 6.09 Å². The second-order valence-corrected chi connectivity index (χ2v) is 4.18. The first-order valence-electron chi connectivity index (χ1n) is 4.80. The van der Waals surface area contributed by atoms with Crippen LogP contribution in [0.15, 0.2) is 0 Å². The predicted molar refractivity (Wildman–Crippen MR) is 55.6 cm³/mol. The van der Waals surface area contributed by atoms with Crippen LogP contribution >= 0.6 is 0 Å².